The second-order valence-electron chi connectivity index (χ2n) is 7.95. The minimum atomic E-state index is -3.77. The fraction of sp³-hybridized carbons (Fsp3) is 0.364. The largest absolute Gasteiger partial charge is 0.348 e. The molecule has 2 aromatic carbocycles. The molecule has 1 aliphatic heterocycles. The molecule has 1 unspecified atom stereocenters. The van der Waals surface area contributed by atoms with E-state index >= 15 is 0 Å². The van der Waals surface area contributed by atoms with E-state index in [-0.39, 0.29) is 35.2 Å². The molecule has 1 aliphatic rings. The van der Waals surface area contributed by atoms with E-state index in [9.17, 15) is 18.0 Å². The number of rotatable bonds is 7. The average molecular weight is 479 g/mol. The van der Waals surface area contributed by atoms with Crippen LogP contribution >= 0.6 is 11.6 Å². The Labute approximate surface area is 193 Å². The van der Waals surface area contributed by atoms with Gasteiger partial charge in [0.1, 0.15) is 0 Å². The van der Waals surface area contributed by atoms with E-state index in [1.165, 1.54) is 24.3 Å². The van der Waals surface area contributed by atoms with Gasteiger partial charge in [-0.1, -0.05) is 23.7 Å². The number of benzene rings is 2. The van der Waals surface area contributed by atoms with Crippen LogP contribution < -0.4 is 15.8 Å². The number of carbonyl (C=O) groups excluding carboxylic acids is 2. The van der Waals surface area contributed by atoms with E-state index in [1.54, 1.807) is 12.1 Å². The topological polar surface area (TPSA) is 122 Å². The van der Waals surface area contributed by atoms with Crippen molar-refractivity contribution >= 4 is 39.1 Å². The minimum absolute atomic E-state index is 0.00698. The number of nitrogens with one attached hydrogen (secondary N) is 2. The lowest BCUT2D eigenvalue weighted by Gasteiger charge is -2.31. The quantitative estimate of drug-likeness (QED) is 0.564. The maximum Gasteiger partial charge on any atom is 0.238 e. The predicted octanol–water partition coefficient (Wildman–Crippen LogP) is 2.52. The predicted molar refractivity (Wildman–Crippen MR) is 124 cm³/mol. The summed E-state index contributed by atoms with van der Waals surface area (Å²) in [6, 6.07) is 13.0. The molecule has 3 rings (SSSR count). The number of nitrogens with two attached hydrogens (primary N) is 1. The molecule has 10 heteroatoms. The number of amides is 2. The van der Waals surface area contributed by atoms with Crippen molar-refractivity contribution in [3.05, 3.63) is 59.1 Å². The third-order valence-corrected chi connectivity index (χ3v) is 6.70. The Kier molecular flexibility index (Phi) is 7.89. The number of hydrogen-bond donors (Lipinski definition) is 3. The molecule has 0 spiro atoms. The van der Waals surface area contributed by atoms with E-state index < -0.39 is 10.0 Å². The number of hydrogen-bond acceptors (Lipinski definition) is 5. The SMILES string of the molecule is CC(NC(=O)CN1CCC(C(=O)Nc2ccc(S(N)(=O)=O)cc2)CC1)c1ccc(Cl)cc1. The first-order valence-corrected chi connectivity index (χ1v) is 12.2. The van der Waals surface area contributed by atoms with Crippen LogP contribution in [0.25, 0.3) is 0 Å². The van der Waals surface area contributed by atoms with Crippen LogP contribution in [0.2, 0.25) is 5.02 Å². The maximum atomic E-state index is 12.5. The molecule has 0 radical (unpaired) electrons. The molecule has 0 bridgehead atoms. The molecule has 1 heterocycles. The molecule has 1 fully saturated rings. The van der Waals surface area contributed by atoms with Crippen LogP contribution in [-0.4, -0.2) is 44.8 Å². The van der Waals surface area contributed by atoms with Crippen molar-refractivity contribution < 1.29 is 18.0 Å². The first kappa shape index (κ1) is 24.2. The summed E-state index contributed by atoms with van der Waals surface area (Å²) in [5.74, 6) is -0.348. The van der Waals surface area contributed by atoms with Gasteiger partial charge in [-0.3, -0.25) is 14.5 Å². The fourth-order valence-corrected chi connectivity index (χ4v) is 4.29. The molecule has 2 amide bonds. The summed E-state index contributed by atoms with van der Waals surface area (Å²) in [5.41, 5.74) is 1.50. The van der Waals surface area contributed by atoms with Gasteiger partial charge in [-0.2, -0.15) is 0 Å². The van der Waals surface area contributed by atoms with E-state index in [4.69, 9.17) is 16.7 Å². The maximum absolute atomic E-state index is 12.5. The minimum Gasteiger partial charge on any atom is -0.348 e. The fourth-order valence-electron chi connectivity index (χ4n) is 3.65. The highest BCUT2D eigenvalue weighted by atomic mass is 35.5. The molecule has 32 heavy (non-hydrogen) atoms. The van der Waals surface area contributed by atoms with E-state index in [0.717, 1.165) is 5.56 Å². The van der Waals surface area contributed by atoms with Gasteiger partial charge in [0.15, 0.2) is 0 Å². The lowest BCUT2D eigenvalue weighted by molar-refractivity contribution is -0.124. The first-order chi connectivity index (χ1) is 15.1. The van der Waals surface area contributed by atoms with Gasteiger partial charge in [0.25, 0.3) is 0 Å². The van der Waals surface area contributed by atoms with Crippen LogP contribution in [-0.2, 0) is 19.6 Å². The molecule has 2 aromatic rings. The molecule has 0 saturated carbocycles. The summed E-state index contributed by atoms with van der Waals surface area (Å²) < 4.78 is 22.6. The van der Waals surface area contributed by atoms with E-state index in [1.807, 2.05) is 24.0 Å². The summed E-state index contributed by atoms with van der Waals surface area (Å²) in [6.45, 7) is 3.49. The lowest BCUT2D eigenvalue weighted by Crippen LogP contribution is -2.43. The molecular weight excluding hydrogens is 452 g/mol. The van der Waals surface area contributed by atoms with Gasteiger partial charge in [-0.25, -0.2) is 13.6 Å². The Morgan fingerprint density at radius 2 is 1.69 bits per heavy atom. The van der Waals surface area contributed by atoms with Gasteiger partial charge in [0.2, 0.25) is 21.8 Å². The Balaban J connectivity index is 1.43. The van der Waals surface area contributed by atoms with Crippen molar-refractivity contribution in [2.45, 2.75) is 30.7 Å². The third-order valence-electron chi connectivity index (χ3n) is 5.52. The van der Waals surface area contributed by atoms with Gasteiger partial charge >= 0.3 is 0 Å². The molecule has 0 aliphatic carbocycles. The molecule has 172 valence electrons. The van der Waals surface area contributed by atoms with Gasteiger partial charge in [0.05, 0.1) is 17.5 Å². The van der Waals surface area contributed by atoms with Crippen molar-refractivity contribution in [1.82, 2.24) is 10.2 Å². The van der Waals surface area contributed by atoms with E-state index in [0.29, 0.717) is 36.6 Å². The number of likely N-dealkylation sites (tertiary alicyclic amines) is 1. The molecule has 1 saturated heterocycles. The van der Waals surface area contributed by atoms with Gasteiger partial charge in [0, 0.05) is 16.6 Å². The van der Waals surface area contributed by atoms with Crippen molar-refractivity contribution in [2.24, 2.45) is 11.1 Å². The first-order valence-electron chi connectivity index (χ1n) is 10.3. The standard InChI is InChI=1S/C22H27ClN4O4S/c1-15(16-2-4-18(23)5-3-16)25-21(28)14-27-12-10-17(11-13-27)22(29)26-19-6-8-20(9-7-19)32(24,30)31/h2-9,15,17H,10-14H2,1H3,(H,25,28)(H,26,29)(H2,24,30,31). The summed E-state index contributed by atoms with van der Waals surface area (Å²) >= 11 is 5.90. The van der Waals surface area contributed by atoms with Crippen molar-refractivity contribution in [3.8, 4) is 0 Å². The zero-order valence-electron chi connectivity index (χ0n) is 17.8. The number of carbonyl (C=O) groups is 2. The van der Waals surface area contributed by atoms with Crippen LogP contribution in [0.1, 0.15) is 31.4 Å². The van der Waals surface area contributed by atoms with Crippen LogP contribution in [0.3, 0.4) is 0 Å². The monoisotopic (exact) mass is 478 g/mol. The summed E-state index contributed by atoms with van der Waals surface area (Å²) in [7, 11) is -3.77. The lowest BCUT2D eigenvalue weighted by atomic mass is 9.95. The number of primary sulfonamides is 1. The second-order valence-corrected chi connectivity index (χ2v) is 9.95. The summed E-state index contributed by atoms with van der Waals surface area (Å²) in [5, 5.41) is 11.5. The van der Waals surface area contributed by atoms with Crippen LogP contribution in [0, 0.1) is 5.92 Å². The zero-order chi connectivity index (χ0) is 23.3. The third kappa shape index (κ3) is 6.77. The number of anilines is 1. The summed E-state index contributed by atoms with van der Waals surface area (Å²) in [6.07, 6.45) is 1.28. The normalized spacial score (nSPS) is 16.3. The average Bonchev–Trinajstić information content (AvgIpc) is 2.74. The number of sulfonamides is 1. The van der Waals surface area contributed by atoms with Gasteiger partial charge in [-0.05, 0) is 74.8 Å². The molecule has 1 atom stereocenters. The number of nitrogens with zero attached hydrogens (tertiary/aromatic N) is 1. The Morgan fingerprint density at radius 3 is 2.25 bits per heavy atom. The highest BCUT2D eigenvalue weighted by Crippen LogP contribution is 2.21. The van der Waals surface area contributed by atoms with Crippen LogP contribution in [0.5, 0.6) is 0 Å². The zero-order valence-corrected chi connectivity index (χ0v) is 19.3. The molecular formula is C22H27ClN4O4S. The van der Waals surface area contributed by atoms with Crippen molar-refractivity contribution in [3.63, 3.8) is 0 Å². The number of piperidine rings is 1. The van der Waals surface area contributed by atoms with Gasteiger partial charge in [-0.15, -0.1) is 0 Å². The molecule has 8 nitrogen and oxygen atoms in total. The highest BCUT2D eigenvalue weighted by Gasteiger charge is 2.26. The summed E-state index contributed by atoms with van der Waals surface area (Å²) in [4.78, 5) is 27.0. The highest BCUT2D eigenvalue weighted by molar-refractivity contribution is 7.89. The van der Waals surface area contributed by atoms with Crippen LogP contribution in [0.4, 0.5) is 5.69 Å². The van der Waals surface area contributed by atoms with Crippen molar-refractivity contribution in [2.75, 3.05) is 25.0 Å². The van der Waals surface area contributed by atoms with Crippen LogP contribution in [0.15, 0.2) is 53.4 Å². The number of halogens is 1. The second kappa shape index (κ2) is 10.4. The smallest absolute Gasteiger partial charge is 0.238 e. The Morgan fingerprint density at radius 1 is 1.09 bits per heavy atom. The molecule has 4 N–H and O–H groups in total. The Hall–Kier alpha value is -2.46. The van der Waals surface area contributed by atoms with E-state index in [2.05, 4.69) is 10.6 Å². The Bertz CT molecular complexity index is 1050. The molecule has 0 aromatic heterocycles. The van der Waals surface area contributed by atoms with Gasteiger partial charge < -0.3 is 10.6 Å². The van der Waals surface area contributed by atoms with Crippen molar-refractivity contribution in [1.29, 1.82) is 0 Å².